The highest BCUT2D eigenvalue weighted by molar-refractivity contribution is 6.33. The molecule has 4 aromatic rings. The number of rotatable bonds is 8. The van der Waals surface area contributed by atoms with Gasteiger partial charge in [0.1, 0.15) is 18.4 Å². The van der Waals surface area contributed by atoms with Gasteiger partial charge >= 0.3 is 0 Å². The van der Waals surface area contributed by atoms with Crippen LogP contribution in [0, 0.1) is 11.3 Å². The molecular formula is C22H17ClN6O3. The molecule has 32 heavy (non-hydrogen) atoms. The van der Waals surface area contributed by atoms with Crippen molar-refractivity contribution < 1.29 is 14.3 Å². The Bertz CT molecular complexity index is 1300. The monoisotopic (exact) mass is 448 g/mol. The molecule has 0 atom stereocenters. The fraction of sp³-hybridized carbons (Fsp3) is 0.136. The van der Waals surface area contributed by atoms with E-state index in [0.29, 0.717) is 39.3 Å². The molecule has 0 fully saturated rings. The predicted molar refractivity (Wildman–Crippen MR) is 116 cm³/mol. The molecule has 2 aromatic carbocycles. The molecule has 2 heterocycles. The van der Waals surface area contributed by atoms with E-state index < -0.39 is 0 Å². The van der Waals surface area contributed by atoms with E-state index in [1.54, 1.807) is 47.0 Å². The first kappa shape index (κ1) is 21.1. The van der Waals surface area contributed by atoms with Crippen molar-refractivity contribution in [3.8, 4) is 29.1 Å². The summed E-state index contributed by atoms with van der Waals surface area (Å²) >= 11 is 6.26. The number of amides is 1. The Morgan fingerprint density at radius 3 is 2.72 bits per heavy atom. The Hall–Kier alpha value is -4.16. The molecule has 0 aliphatic carbocycles. The highest BCUT2D eigenvalue weighted by Gasteiger charge is 2.13. The summed E-state index contributed by atoms with van der Waals surface area (Å²) < 4.78 is 12.6. The lowest BCUT2D eigenvalue weighted by Crippen LogP contribution is -2.32. The number of aromatic nitrogens is 4. The average Bonchev–Trinajstić information content (AvgIpc) is 3.24. The van der Waals surface area contributed by atoms with Gasteiger partial charge in [-0.05, 0) is 30.3 Å². The Balaban J connectivity index is 1.31. The molecule has 0 saturated carbocycles. The summed E-state index contributed by atoms with van der Waals surface area (Å²) in [4.78, 5) is 12.0. The van der Waals surface area contributed by atoms with Gasteiger partial charge in [0.25, 0.3) is 5.91 Å². The zero-order valence-electron chi connectivity index (χ0n) is 16.7. The van der Waals surface area contributed by atoms with Crippen molar-refractivity contribution in [3.63, 3.8) is 0 Å². The van der Waals surface area contributed by atoms with Crippen LogP contribution < -0.4 is 14.8 Å². The fourth-order valence-corrected chi connectivity index (χ4v) is 3.11. The van der Waals surface area contributed by atoms with Crippen LogP contribution in [0.15, 0.2) is 60.7 Å². The molecule has 0 unspecified atom stereocenters. The summed E-state index contributed by atoms with van der Waals surface area (Å²) in [5.74, 6) is 0.880. The number of hydrogen-bond acceptors (Lipinski definition) is 7. The highest BCUT2D eigenvalue weighted by atomic mass is 35.5. The van der Waals surface area contributed by atoms with Crippen molar-refractivity contribution in [1.29, 1.82) is 5.26 Å². The number of halogens is 1. The van der Waals surface area contributed by atoms with E-state index in [-0.39, 0.29) is 25.7 Å². The smallest absolute Gasteiger partial charge is 0.258 e. The number of benzene rings is 2. The lowest BCUT2D eigenvalue weighted by molar-refractivity contribution is -0.123. The minimum absolute atomic E-state index is 0.197. The average molecular weight is 449 g/mol. The van der Waals surface area contributed by atoms with Crippen LogP contribution in [0.1, 0.15) is 5.56 Å². The van der Waals surface area contributed by atoms with E-state index in [1.807, 2.05) is 24.3 Å². The maximum Gasteiger partial charge on any atom is 0.258 e. The molecule has 2 aromatic heterocycles. The number of nitrogens with zero attached hydrogens (tertiary/aromatic N) is 5. The van der Waals surface area contributed by atoms with E-state index in [1.165, 1.54) is 0 Å². The fourth-order valence-electron chi connectivity index (χ4n) is 2.88. The third-order valence-electron chi connectivity index (χ3n) is 4.39. The van der Waals surface area contributed by atoms with Crippen LogP contribution >= 0.6 is 11.6 Å². The molecule has 0 aliphatic heterocycles. The van der Waals surface area contributed by atoms with Gasteiger partial charge in [0.2, 0.25) is 5.88 Å². The van der Waals surface area contributed by atoms with Gasteiger partial charge in [-0.2, -0.15) is 9.78 Å². The van der Waals surface area contributed by atoms with E-state index >= 15 is 0 Å². The van der Waals surface area contributed by atoms with Crippen molar-refractivity contribution >= 4 is 23.2 Å². The lowest BCUT2D eigenvalue weighted by atomic mass is 10.2. The lowest BCUT2D eigenvalue weighted by Gasteiger charge is -2.09. The maximum absolute atomic E-state index is 12.0. The third-order valence-corrected chi connectivity index (χ3v) is 4.72. The molecule has 0 saturated heterocycles. The van der Waals surface area contributed by atoms with Crippen LogP contribution in [0.25, 0.3) is 17.0 Å². The first-order valence-electron chi connectivity index (χ1n) is 9.64. The zero-order chi connectivity index (χ0) is 22.3. The molecule has 10 heteroatoms. The molecule has 0 bridgehead atoms. The van der Waals surface area contributed by atoms with E-state index in [2.05, 4.69) is 20.6 Å². The normalized spacial score (nSPS) is 10.5. The summed E-state index contributed by atoms with van der Waals surface area (Å²) in [6.07, 6.45) is 0. The Morgan fingerprint density at radius 2 is 1.88 bits per heavy atom. The number of carbonyl (C=O) groups is 1. The number of carbonyl (C=O) groups excluding carboxylic acids is 1. The summed E-state index contributed by atoms with van der Waals surface area (Å²) in [6, 6.07) is 19.4. The number of hydrogen-bond donors (Lipinski definition) is 1. The standard InChI is InChI=1S/C22H17ClN6O3/c23-17-7-3-2-6-16(17)22-27-26-19-9-10-21(28-29(19)22)31-12-11-25-20(30)14-32-18-8-4-1-5-15(18)13-24/h1-10H,11-12,14H2,(H,25,30). The van der Waals surface area contributed by atoms with Crippen LogP contribution in [-0.2, 0) is 4.79 Å². The van der Waals surface area contributed by atoms with Gasteiger partial charge in [0.15, 0.2) is 18.1 Å². The zero-order valence-corrected chi connectivity index (χ0v) is 17.5. The topological polar surface area (TPSA) is 114 Å². The predicted octanol–water partition coefficient (Wildman–Crippen LogP) is 2.89. The van der Waals surface area contributed by atoms with Gasteiger partial charge in [-0.1, -0.05) is 35.9 Å². The molecule has 9 nitrogen and oxygen atoms in total. The first-order valence-corrected chi connectivity index (χ1v) is 10.0. The second-order valence-electron chi connectivity index (χ2n) is 6.54. The third kappa shape index (κ3) is 4.77. The van der Waals surface area contributed by atoms with Gasteiger partial charge in [-0.3, -0.25) is 4.79 Å². The number of nitriles is 1. The number of nitrogens with one attached hydrogen (secondary N) is 1. The Labute approximate surface area is 188 Å². The summed E-state index contributed by atoms with van der Waals surface area (Å²) in [5.41, 5.74) is 1.63. The summed E-state index contributed by atoms with van der Waals surface area (Å²) in [7, 11) is 0. The minimum Gasteiger partial charge on any atom is -0.482 e. The first-order chi connectivity index (χ1) is 15.7. The molecule has 1 amide bonds. The van der Waals surface area contributed by atoms with Crippen molar-refractivity contribution in [3.05, 3.63) is 71.2 Å². The largest absolute Gasteiger partial charge is 0.482 e. The Morgan fingerprint density at radius 1 is 1.06 bits per heavy atom. The van der Waals surface area contributed by atoms with Crippen molar-refractivity contribution in [2.24, 2.45) is 0 Å². The van der Waals surface area contributed by atoms with Gasteiger partial charge in [0, 0.05) is 11.6 Å². The van der Waals surface area contributed by atoms with Gasteiger partial charge < -0.3 is 14.8 Å². The molecule has 0 aliphatic rings. The minimum atomic E-state index is -0.329. The SMILES string of the molecule is N#Cc1ccccc1OCC(=O)NCCOc1ccc2nnc(-c3ccccc3Cl)n2n1. The molecule has 0 radical (unpaired) electrons. The van der Waals surface area contributed by atoms with Crippen LogP contribution in [0.3, 0.4) is 0 Å². The van der Waals surface area contributed by atoms with Gasteiger partial charge in [-0.15, -0.1) is 15.3 Å². The highest BCUT2D eigenvalue weighted by Crippen LogP contribution is 2.26. The molecule has 4 rings (SSSR count). The van der Waals surface area contributed by atoms with Crippen LogP contribution in [-0.4, -0.2) is 45.5 Å². The van der Waals surface area contributed by atoms with E-state index in [0.717, 1.165) is 0 Å². The van der Waals surface area contributed by atoms with Crippen molar-refractivity contribution in [1.82, 2.24) is 25.1 Å². The molecule has 160 valence electrons. The van der Waals surface area contributed by atoms with Crippen LogP contribution in [0.4, 0.5) is 0 Å². The van der Waals surface area contributed by atoms with E-state index in [9.17, 15) is 4.79 Å². The number of para-hydroxylation sites is 1. The second-order valence-corrected chi connectivity index (χ2v) is 6.95. The van der Waals surface area contributed by atoms with Gasteiger partial charge in [0.05, 0.1) is 17.1 Å². The van der Waals surface area contributed by atoms with Crippen molar-refractivity contribution in [2.45, 2.75) is 0 Å². The molecule has 0 spiro atoms. The second kappa shape index (κ2) is 9.76. The van der Waals surface area contributed by atoms with E-state index in [4.69, 9.17) is 26.3 Å². The molecular weight excluding hydrogens is 432 g/mol. The Kier molecular flexibility index (Phi) is 6.43. The van der Waals surface area contributed by atoms with Gasteiger partial charge in [-0.25, -0.2) is 0 Å². The van der Waals surface area contributed by atoms with Crippen LogP contribution in [0.5, 0.6) is 11.6 Å². The maximum atomic E-state index is 12.0. The summed E-state index contributed by atoms with van der Waals surface area (Å²) in [6.45, 7) is 0.245. The quantitative estimate of drug-likeness (QED) is 0.412. The van der Waals surface area contributed by atoms with Crippen LogP contribution in [0.2, 0.25) is 5.02 Å². The summed E-state index contributed by atoms with van der Waals surface area (Å²) in [5, 5.41) is 24.9. The van der Waals surface area contributed by atoms with Crippen molar-refractivity contribution in [2.75, 3.05) is 19.8 Å². The number of fused-ring (bicyclic) bond motifs is 1. The number of ether oxygens (including phenoxy) is 2. The molecule has 1 N–H and O–H groups in total.